The normalized spacial score (nSPS) is 15.5. The lowest BCUT2D eigenvalue weighted by atomic mass is 9.97. The molecule has 2 aromatic carbocycles. The molecular weight excluding hydrogens is 448 g/mol. The van der Waals surface area contributed by atoms with E-state index in [2.05, 4.69) is 45.0 Å². The number of aromatic nitrogens is 5. The number of nitrogens with one attached hydrogen (secondary N) is 1. The molecule has 170 valence electrons. The second-order valence-electron chi connectivity index (χ2n) is 8.88. The summed E-state index contributed by atoms with van der Waals surface area (Å²) in [6, 6.07) is 13.8. The van der Waals surface area contributed by atoms with Crippen LogP contribution in [0.3, 0.4) is 0 Å². The number of amides is 1. The second kappa shape index (κ2) is 8.25. The Morgan fingerprint density at radius 3 is 2.94 bits per heavy atom. The van der Waals surface area contributed by atoms with Crippen molar-refractivity contribution in [1.29, 1.82) is 0 Å². The number of carbonyl (C=O) groups excluding carboxylic acids is 1. The number of benzene rings is 2. The minimum atomic E-state index is -0.161. The van der Waals surface area contributed by atoms with Gasteiger partial charge in [-0.2, -0.15) is 0 Å². The Morgan fingerprint density at radius 2 is 2.06 bits per heavy atom. The van der Waals surface area contributed by atoms with Gasteiger partial charge < -0.3 is 9.88 Å². The minimum Gasteiger partial charge on any atom is -0.352 e. The summed E-state index contributed by atoms with van der Waals surface area (Å²) < 4.78 is 4.23. The average Bonchev–Trinajstić information content (AvgIpc) is 3.43. The number of halogens is 1. The third kappa shape index (κ3) is 3.62. The highest BCUT2D eigenvalue weighted by molar-refractivity contribution is 6.34. The molecule has 1 amide bonds. The van der Waals surface area contributed by atoms with Crippen LogP contribution in [0.4, 0.5) is 0 Å². The van der Waals surface area contributed by atoms with Gasteiger partial charge >= 0.3 is 0 Å². The van der Waals surface area contributed by atoms with E-state index < -0.39 is 0 Å². The number of carbonyl (C=O) groups is 1. The molecule has 3 aromatic heterocycles. The molecule has 34 heavy (non-hydrogen) atoms. The summed E-state index contributed by atoms with van der Waals surface area (Å²) in [5.41, 5.74) is 6.50. The van der Waals surface area contributed by atoms with Crippen LogP contribution >= 0.6 is 11.6 Å². The Labute approximate surface area is 201 Å². The lowest BCUT2D eigenvalue weighted by Gasteiger charge is -2.24. The molecule has 1 aliphatic heterocycles. The van der Waals surface area contributed by atoms with Gasteiger partial charge in [0.2, 0.25) is 0 Å². The molecule has 1 atom stereocenters. The molecule has 1 unspecified atom stereocenters. The highest BCUT2D eigenvalue weighted by Crippen LogP contribution is 2.27. The molecule has 0 fully saturated rings. The zero-order chi connectivity index (χ0) is 23.2. The summed E-state index contributed by atoms with van der Waals surface area (Å²) in [5.74, 6) is 1.28. The Bertz CT molecular complexity index is 1550. The second-order valence-corrected chi connectivity index (χ2v) is 9.29. The van der Waals surface area contributed by atoms with Gasteiger partial charge in [0.15, 0.2) is 0 Å². The third-order valence-corrected chi connectivity index (χ3v) is 6.90. The van der Waals surface area contributed by atoms with Crippen LogP contribution in [0.2, 0.25) is 5.02 Å². The zero-order valence-electron chi connectivity index (χ0n) is 18.7. The predicted molar refractivity (Wildman–Crippen MR) is 132 cm³/mol. The molecule has 0 saturated heterocycles. The SMILES string of the molecule is Cc1ccc2c(c1)nc1n2CCC(CNC(=O)c2ccc(-n3cnc4cnccc43)cc2Cl)C1. The van der Waals surface area contributed by atoms with Gasteiger partial charge in [-0.1, -0.05) is 17.7 Å². The maximum Gasteiger partial charge on any atom is 0.252 e. The van der Waals surface area contributed by atoms with Gasteiger partial charge in [-0.3, -0.25) is 14.3 Å². The van der Waals surface area contributed by atoms with Crippen molar-refractivity contribution in [3.05, 3.63) is 83.2 Å². The van der Waals surface area contributed by atoms with Crippen LogP contribution in [0, 0.1) is 12.8 Å². The van der Waals surface area contributed by atoms with Crippen LogP contribution in [0.1, 0.15) is 28.2 Å². The topological polar surface area (TPSA) is 77.6 Å². The monoisotopic (exact) mass is 470 g/mol. The number of fused-ring (bicyclic) bond motifs is 4. The minimum absolute atomic E-state index is 0.161. The Kier molecular flexibility index (Phi) is 5.07. The van der Waals surface area contributed by atoms with Crippen molar-refractivity contribution in [2.45, 2.75) is 26.3 Å². The smallest absolute Gasteiger partial charge is 0.252 e. The summed E-state index contributed by atoms with van der Waals surface area (Å²) >= 11 is 6.52. The van der Waals surface area contributed by atoms with Crippen LogP contribution in [0.5, 0.6) is 0 Å². The average molecular weight is 471 g/mol. The van der Waals surface area contributed by atoms with E-state index in [0.29, 0.717) is 23.0 Å². The van der Waals surface area contributed by atoms with Crippen LogP contribution in [0.15, 0.2) is 61.2 Å². The first-order valence-corrected chi connectivity index (χ1v) is 11.8. The van der Waals surface area contributed by atoms with Crippen molar-refractivity contribution in [3.63, 3.8) is 0 Å². The first-order chi connectivity index (χ1) is 16.6. The highest BCUT2D eigenvalue weighted by atomic mass is 35.5. The van der Waals surface area contributed by atoms with Crippen molar-refractivity contribution in [2.75, 3.05) is 6.54 Å². The molecule has 1 N–H and O–H groups in total. The molecule has 1 aliphatic rings. The van der Waals surface area contributed by atoms with Gasteiger partial charge in [-0.15, -0.1) is 0 Å². The van der Waals surface area contributed by atoms with Crippen molar-refractivity contribution in [2.24, 2.45) is 5.92 Å². The van der Waals surface area contributed by atoms with E-state index in [1.165, 1.54) is 11.1 Å². The first kappa shape index (κ1) is 20.9. The van der Waals surface area contributed by atoms with E-state index in [1.54, 1.807) is 30.9 Å². The largest absolute Gasteiger partial charge is 0.352 e. The maximum atomic E-state index is 12.9. The fourth-order valence-electron chi connectivity index (χ4n) is 4.78. The lowest BCUT2D eigenvalue weighted by Crippen LogP contribution is -2.33. The van der Waals surface area contributed by atoms with Crippen LogP contribution in [-0.2, 0) is 13.0 Å². The molecule has 0 bridgehead atoms. The molecule has 0 saturated carbocycles. The Hall–Kier alpha value is -3.71. The van der Waals surface area contributed by atoms with Gasteiger partial charge in [0.25, 0.3) is 5.91 Å². The quantitative estimate of drug-likeness (QED) is 0.412. The summed E-state index contributed by atoms with van der Waals surface area (Å²) in [6.45, 7) is 3.60. The van der Waals surface area contributed by atoms with Crippen LogP contribution < -0.4 is 5.32 Å². The number of hydrogen-bond donors (Lipinski definition) is 1. The van der Waals surface area contributed by atoms with E-state index in [9.17, 15) is 4.79 Å². The van der Waals surface area contributed by atoms with Gasteiger partial charge in [0.05, 0.1) is 33.3 Å². The van der Waals surface area contributed by atoms with Crippen LogP contribution in [0.25, 0.3) is 27.8 Å². The summed E-state index contributed by atoms with van der Waals surface area (Å²) in [4.78, 5) is 26.2. The van der Waals surface area contributed by atoms with E-state index in [-0.39, 0.29) is 5.91 Å². The fraction of sp³-hybridized carbons (Fsp3) is 0.231. The van der Waals surface area contributed by atoms with E-state index in [4.69, 9.17) is 16.6 Å². The standard InChI is InChI=1S/C26H23ClN6O/c1-16-2-5-23-21(10-16)31-25-11-17(7-9-32(23)25)13-29-26(34)19-4-3-18(12-20(19)27)33-15-30-22-14-28-8-6-24(22)33/h2-6,8,10,12,14-15,17H,7,9,11,13H2,1H3,(H,29,34). The molecule has 7 nitrogen and oxygen atoms in total. The number of hydrogen-bond acceptors (Lipinski definition) is 4. The van der Waals surface area contributed by atoms with E-state index >= 15 is 0 Å². The van der Waals surface area contributed by atoms with Gasteiger partial charge in [0.1, 0.15) is 17.7 Å². The van der Waals surface area contributed by atoms with Crippen LogP contribution in [-0.4, -0.2) is 36.5 Å². The third-order valence-electron chi connectivity index (χ3n) is 6.59. The van der Waals surface area contributed by atoms with E-state index in [0.717, 1.165) is 47.4 Å². The number of nitrogens with zero attached hydrogens (tertiary/aromatic N) is 5. The van der Waals surface area contributed by atoms with Gasteiger partial charge in [0, 0.05) is 31.4 Å². The molecule has 0 aliphatic carbocycles. The molecule has 0 spiro atoms. The fourth-order valence-corrected chi connectivity index (χ4v) is 5.04. The maximum absolute atomic E-state index is 12.9. The number of pyridine rings is 1. The molecule has 5 aromatic rings. The predicted octanol–water partition coefficient (Wildman–Crippen LogP) is 4.72. The Balaban J connectivity index is 1.15. The number of rotatable bonds is 4. The summed E-state index contributed by atoms with van der Waals surface area (Å²) in [5, 5.41) is 3.49. The zero-order valence-corrected chi connectivity index (χ0v) is 19.5. The summed E-state index contributed by atoms with van der Waals surface area (Å²) in [6.07, 6.45) is 7.03. The molecular formula is C26H23ClN6O. The van der Waals surface area contributed by atoms with Gasteiger partial charge in [-0.05, 0) is 61.2 Å². The van der Waals surface area contributed by atoms with Crippen molar-refractivity contribution in [3.8, 4) is 5.69 Å². The lowest BCUT2D eigenvalue weighted by molar-refractivity contribution is 0.0945. The van der Waals surface area contributed by atoms with E-state index in [1.807, 2.05) is 16.7 Å². The van der Waals surface area contributed by atoms with Crippen molar-refractivity contribution >= 4 is 39.6 Å². The molecule has 0 radical (unpaired) electrons. The number of imidazole rings is 2. The first-order valence-electron chi connectivity index (χ1n) is 11.4. The molecule has 8 heteroatoms. The molecule has 6 rings (SSSR count). The van der Waals surface area contributed by atoms with Crippen molar-refractivity contribution in [1.82, 2.24) is 29.4 Å². The van der Waals surface area contributed by atoms with Crippen molar-refractivity contribution < 1.29 is 4.79 Å². The Morgan fingerprint density at radius 1 is 1.15 bits per heavy atom. The molecule has 4 heterocycles. The summed E-state index contributed by atoms with van der Waals surface area (Å²) in [7, 11) is 0. The highest BCUT2D eigenvalue weighted by Gasteiger charge is 2.23. The van der Waals surface area contributed by atoms with Gasteiger partial charge in [-0.25, -0.2) is 9.97 Å². The number of aryl methyl sites for hydroxylation is 2.